The standard InChI is InChI=1S/C27H42N2O6.C2HF3O2/c1-19(2)18-35-27(31)28-22-8-5-7-21(15-22)26(30)29(23-9-10-23)17-20-13-24(33-4)16-25(14-20)34-12-6-11-32-3;3-2(4,5)1(6)7/h13-14,16,19,21-23H,5-12,15,17-18H2,1-4H3,(H,28,31);(H,6,7)/t21-,22+;/m1./s1. The van der Waals surface area contributed by atoms with Gasteiger partial charge in [-0.2, -0.15) is 13.2 Å². The van der Waals surface area contributed by atoms with E-state index in [1.54, 1.807) is 14.2 Å². The number of carboxylic acids is 1. The second-order valence-corrected chi connectivity index (χ2v) is 10.9. The summed E-state index contributed by atoms with van der Waals surface area (Å²) in [4.78, 5) is 36.7. The molecule has 0 radical (unpaired) electrons. The van der Waals surface area contributed by atoms with E-state index in [2.05, 4.69) is 5.32 Å². The van der Waals surface area contributed by atoms with Gasteiger partial charge in [-0.3, -0.25) is 4.79 Å². The maximum absolute atomic E-state index is 13.6. The zero-order valence-corrected chi connectivity index (χ0v) is 24.7. The molecule has 2 fully saturated rings. The number of alkyl halides is 3. The Morgan fingerprint density at radius 1 is 1.05 bits per heavy atom. The van der Waals surface area contributed by atoms with Gasteiger partial charge in [0.15, 0.2) is 0 Å². The molecule has 1 aromatic carbocycles. The number of alkyl carbamates (subject to hydrolysis) is 1. The number of halogens is 3. The number of nitrogens with zero attached hydrogens (tertiary/aromatic N) is 1. The minimum atomic E-state index is -5.08. The summed E-state index contributed by atoms with van der Waals surface area (Å²) in [5.74, 6) is -0.918. The predicted molar refractivity (Wildman–Crippen MR) is 147 cm³/mol. The molecule has 0 bridgehead atoms. The molecule has 2 aliphatic carbocycles. The maximum atomic E-state index is 13.6. The largest absolute Gasteiger partial charge is 0.497 e. The first-order chi connectivity index (χ1) is 19.8. The molecule has 1 aromatic rings. The van der Waals surface area contributed by atoms with Gasteiger partial charge in [-0.15, -0.1) is 0 Å². The summed E-state index contributed by atoms with van der Waals surface area (Å²) in [5.41, 5.74) is 0.995. The average Bonchev–Trinajstić information content (AvgIpc) is 3.78. The van der Waals surface area contributed by atoms with Crippen LogP contribution in [0.5, 0.6) is 11.5 Å². The molecule has 0 unspecified atom stereocenters. The highest BCUT2D eigenvalue weighted by atomic mass is 19.4. The highest BCUT2D eigenvalue weighted by Crippen LogP contribution is 2.34. The fourth-order valence-corrected chi connectivity index (χ4v) is 4.52. The van der Waals surface area contributed by atoms with E-state index in [4.69, 9.17) is 28.8 Å². The van der Waals surface area contributed by atoms with Gasteiger partial charge in [-0.1, -0.05) is 20.3 Å². The second kappa shape index (κ2) is 17.0. The predicted octanol–water partition coefficient (Wildman–Crippen LogP) is 5.18. The lowest BCUT2D eigenvalue weighted by molar-refractivity contribution is -0.192. The van der Waals surface area contributed by atoms with Crippen molar-refractivity contribution in [2.45, 2.75) is 83.6 Å². The highest BCUT2D eigenvalue weighted by molar-refractivity contribution is 5.80. The first-order valence-corrected chi connectivity index (χ1v) is 14.2. The molecule has 238 valence electrons. The van der Waals surface area contributed by atoms with Crippen LogP contribution >= 0.6 is 0 Å². The molecular formula is C29H43F3N2O8. The SMILES string of the molecule is COCCCOc1cc(CN(C(=O)[C@@H]2CCC[C@H](NC(=O)OCC(C)C)C2)C2CC2)cc(OC)c1.O=C(O)C(F)(F)F. The molecule has 2 N–H and O–H groups in total. The van der Waals surface area contributed by atoms with Crippen molar-refractivity contribution in [3.05, 3.63) is 23.8 Å². The number of amides is 2. The van der Waals surface area contributed by atoms with Crippen molar-refractivity contribution in [1.29, 1.82) is 0 Å². The lowest BCUT2D eigenvalue weighted by atomic mass is 9.84. The molecule has 0 heterocycles. The van der Waals surface area contributed by atoms with Crippen LogP contribution < -0.4 is 14.8 Å². The molecule has 0 spiro atoms. The Labute approximate surface area is 244 Å². The molecule has 2 atom stereocenters. The van der Waals surface area contributed by atoms with Gasteiger partial charge in [0, 0.05) is 50.8 Å². The maximum Gasteiger partial charge on any atom is 0.490 e. The van der Waals surface area contributed by atoms with E-state index in [0.717, 1.165) is 49.8 Å². The van der Waals surface area contributed by atoms with E-state index >= 15 is 0 Å². The van der Waals surface area contributed by atoms with Gasteiger partial charge < -0.3 is 34.3 Å². The van der Waals surface area contributed by atoms with Gasteiger partial charge in [0.05, 0.1) is 20.3 Å². The first-order valence-electron chi connectivity index (χ1n) is 14.2. The highest BCUT2D eigenvalue weighted by Gasteiger charge is 2.39. The molecular weight excluding hydrogens is 561 g/mol. The Morgan fingerprint density at radius 3 is 2.29 bits per heavy atom. The van der Waals surface area contributed by atoms with Crippen LogP contribution in [0.25, 0.3) is 0 Å². The zero-order valence-electron chi connectivity index (χ0n) is 24.7. The van der Waals surface area contributed by atoms with Gasteiger partial charge in [0.2, 0.25) is 5.91 Å². The van der Waals surface area contributed by atoms with Crippen molar-refractivity contribution >= 4 is 18.0 Å². The van der Waals surface area contributed by atoms with Gasteiger partial charge in [-0.05, 0) is 55.7 Å². The Bertz CT molecular complexity index is 1020. The fraction of sp³-hybridized carbons (Fsp3) is 0.690. The molecule has 2 amide bonds. The number of benzene rings is 1. The summed E-state index contributed by atoms with van der Waals surface area (Å²) < 4.78 is 53.5. The molecule has 0 aromatic heterocycles. The zero-order chi connectivity index (χ0) is 31.3. The molecule has 0 saturated heterocycles. The summed E-state index contributed by atoms with van der Waals surface area (Å²) >= 11 is 0. The molecule has 13 heteroatoms. The number of aliphatic carboxylic acids is 1. The Hall–Kier alpha value is -3.22. The summed E-state index contributed by atoms with van der Waals surface area (Å²) in [6.07, 6.45) is 0.713. The number of nitrogens with one attached hydrogen (secondary N) is 1. The normalized spacial score (nSPS) is 18.4. The topological polar surface area (TPSA) is 124 Å². The van der Waals surface area contributed by atoms with Crippen molar-refractivity contribution in [3.8, 4) is 11.5 Å². The minimum absolute atomic E-state index is 0.0256. The molecule has 2 aliphatic rings. The lowest BCUT2D eigenvalue weighted by Crippen LogP contribution is -2.44. The van der Waals surface area contributed by atoms with Gasteiger partial charge >= 0.3 is 18.2 Å². The van der Waals surface area contributed by atoms with E-state index in [1.807, 2.05) is 36.9 Å². The fourth-order valence-electron chi connectivity index (χ4n) is 4.52. The van der Waals surface area contributed by atoms with Crippen molar-refractivity contribution in [2.24, 2.45) is 11.8 Å². The molecule has 3 rings (SSSR count). The van der Waals surface area contributed by atoms with E-state index in [9.17, 15) is 22.8 Å². The van der Waals surface area contributed by atoms with Crippen molar-refractivity contribution in [1.82, 2.24) is 10.2 Å². The van der Waals surface area contributed by atoms with Crippen molar-refractivity contribution in [3.63, 3.8) is 0 Å². The number of carbonyl (C=O) groups is 3. The Morgan fingerprint density at radius 2 is 1.71 bits per heavy atom. The molecule has 10 nitrogen and oxygen atoms in total. The molecule has 42 heavy (non-hydrogen) atoms. The van der Waals surface area contributed by atoms with Crippen molar-refractivity contribution < 1.29 is 51.6 Å². The third-order valence-electron chi connectivity index (χ3n) is 6.70. The molecule has 2 saturated carbocycles. The first kappa shape index (κ1) is 35.0. The number of hydrogen-bond acceptors (Lipinski definition) is 7. The third-order valence-corrected chi connectivity index (χ3v) is 6.70. The van der Waals surface area contributed by atoms with Crippen LogP contribution in [0.2, 0.25) is 0 Å². The van der Waals surface area contributed by atoms with Crippen LogP contribution in [0.15, 0.2) is 18.2 Å². The summed E-state index contributed by atoms with van der Waals surface area (Å²) in [5, 5.41) is 10.1. The van der Waals surface area contributed by atoms with E-state index in [1.165, 1.54) is 0 Å². The van der Waals surface area contributed by atoms with Gasteiger partial charge in [-0.25, -0.2) is 9.59 Å². The second-order valence-electron chi connectivity index (χ2n) is 10.9. The number of carboxylic acid groups (broad SMARTS) is 1. The summed E-state index contributed by atoms with van der Waals surface area (Å²) in [6, 6.07) is 6.09. The van der Waals surface area contributed by atoms with Crippen LogP contribution in [-0.2, 0) is 25.6 Å². The van der Waals surface area contributed by atoms with Gasteiger partial charge in [0.25, 0.3) is 0 Å². The van der Waals surface area contributed by atoms with Crippen LogP contribution in [-0.4, -0.2) is 80.3 Å². The lowest BCUT2D eigenvalue weighted by Gasteiger charge is -2.33. The smallest absolute Gasteiger partial charge is 0.490 e. The third kappa shape index (κ3) is 12.7. The molecule has 0 aliphatic heterocycles. The van der Waals surface area contributed by atoms with Crippen molar-refractivity contribution in [2.75, 3.05) is 34.0 Å². The number of carbonyl (C=O) groups excluding carboxylic acids is 2. The van der Waals surface area contributed by atoms with Crippen LogP contribution in [0.3, 0.4) is 0 Å². The monoisotopic (exact) mass is 604 g/mol. The average molecular weight is 605 g/mol. The summed E-state index contributed by atoms with van der Waals surface area (Å²) in [6.45, 7) is 6.15. The minimum Gasteiger partial charge on any atom is -0.497 e. The van der Waals surface area contributed by atoms with E-state index in [0.29, 0.717) is 44.5 Å². The van der Waals surface area contributed by atoms with Crippen LogP contribution in [0.4, 0.5) is 18.0 Å². The summed E-state index contributed by atoms with van der Waals surface area (Å²) in [7, 11) is 3.31. The Balaban J connectivity index is 0.000000782. The van der Waals surface area contributed by atoms with Crippen LogP contribution in [0, 0.1) is 11.8 Å². The number of ether oxygens (including phenoxy) is 4. The number of hydrogen-bond donors (Lipinski definition) is 2. The number of rotatable bonds is 13. The Kier molecular flexibility index (Phi) is 14.2. The quantitative estimate of drug-likeness (QED) is 0.296. The van der Waals surface area contributed by atoms with E-state index < -0.39 is 12.1 Å². The van der Waals surface area contributed by atoms with E-state index in [-0.39, 0.29) is 30.0 Å². The number of methoxy groups -OCH3 is 2. The van der Waals surface area contributed by atoms with Crippen LogP contribution in [0.1, 0.15) is 64.4 Å². The van der Waals surface area contributed by atoms with Gasteiger partial charge in [0.1, 0.15) is 11.5 Å².